The van der Waals surface area contributed by atoms with Crippen LogP contribution >= 0.6 is 0 Å². The number of amides is 1. The minimum absolute atomic E-state index is 0.123. The van der Waals surface area contributed by atoms with Crippen molar-refractivity contribution in [1.29, 1.82) is 0 Å². The topological polar surface area (TPSA) is 86.6 Å². The number of allylic oxidation sites excluding steroid dienone is 7. The van der Waals surface area contributed by atoms with Gasteiger partial charge in [-0.2, -0.15) is 0 Å². The minimum atomic E-state index is -1.01. The highest BCUT2D eigenvalue weighted by molar-refractivity contribution is 6.27. The largest absolute Gasteiger partial charge is 0.511 e. The van der Waals surface area contributed by atoms with Crippen molar-refractivity contribution in [2.24, 2.45) is 29.1 Å². The van der Waals surface area contributed by atoms with Gasteiger partial charge in [-0.05, 0) is 51.4 Å². The molecule has 5 heteroatoms. The van der Waals surface area contributed by atoms with E-state index in [0.717, 1.165) is 24.8 Å². The summed E-state index contributed by atoms with van der Waals surface area (Å²) in [5, 5.41) is 24.0. The Morgan fingerprint density at radius 1 is 1.30 bits per heavy atom. The van der Waals surface area contributed by atoms with Gasteiger partial charge in [0, 0.05) is 11.3 Å². The number of ketones is 1. The summed E-state index contributed by atoms with van der Waals surface area (Å²) in [6.45, 7) is 9.75. The van der Waals surface area contributed by atoms with Gasteiger partial charge in [0.2, 0.25) is 0 Å². The van der Waals surface area contributed by atoms with E-state index in [0.29, 0.717) is 11.8 Å². The van der Waals surface area contributed by atoms with E-state index < -0.39 is 29.3 Å². The summed E-state index contributed by atoms with van der Waals surface area (Å²) in [5.74, 6) is -0.300. The Morgan fingerprint density at radius 3 is 2.60 bits per heavy atom. The highest BCUT2D eigenvalue weighted by Gasteiger charge is 2.54. The highest BCUT2D eigenvalue weighted by atomic mass is 16.3. The van der Waals surface area contributed by atoms with Gasteiger partial charge in [-0.1, -0.05) is 56.2 Å². The van der Waals surface area contributed by atoms with Gasteiger partial charge in [-0.25, -0.2) is 0 Å². The lowest BCUT2D eigenvalue weighted by Gasteiger charge is -2.52. The van der Waals surface area contributed by atoms with E-state index in [1.165, 1.54) is 6.92 Å². The summed E-state index contributed by atoms with van der Waals surface area (Å²) in [5.41, 5.74) is 0.205. The first-order valence-electron chi connectivity index (χ1n) is 11.1. The number of aliphatic hydroxyl groups is 2. The van der Waals surface area contributed by atoms with Crippen molar-refractivity contribution in [2.75, 3.05) is 0 Å². The molecule has 0 aromatic rings. The molecule has 3 aliphatic rings. The Bertz CT molecular complexity index is 834. The third-order valence-electron chi connectivity index (χ3n) is 7.42. The molecule has 1 aliphatic heterocycles. The van der Waals surface area contributed by atoms with Crippen molar-refractivity contribution < 1.29 is 19.8 Å². The molecule has 0 unspecified atom stereocenters. The van der Waals surface area contributed by atoms with Gasteiger partial charge in [-0.3, -0.25) is 9.59 Å². The molecule has 164 valence electrons. The Balaban J connectivity index is 2.16. The fourth-order valence-corrected chi connectivity index (χ4v) is 5.84. The molecule has 1 saturated heterocycles. The van der Waals surface area contributed by atoms with Crippen molar-refractivity contribution >= 4 is 11.7 Å². The monoisotopic (exact) mass is 413 g/mol. The highest BCUT2D eigenvalue weighted by Crippen LogP contribution is 2.57. The maximum absolute atomic E-state index is 12.9. The van der Waals surface area contributed by atoms with Crippen LogP contribution in [-0.4, -0.2) is 34.0 Å². The van der Waals surface area contributed by atoms with Crippen molar-refractivity contribution in [3.05, 3.63) is 47.3 Å². The Kier molecular flexibility index (Phi) is 6.42. The van der Waals surface area contributed by atoms with Crippen LogP contribution in [0.4, 0.5) is 0 Å². The normalized spacial score (nSPS) is 39.8. The molecule has 3 N–H and O–H groups in total. The minimum Gasteiger partial charge on any atom is -0.511 e. The first-order chi connectivity index (χ1) is 14.1. The summed E-state index contributed by atoms with van der Waals surface area (Å²) in [6.07, 6.45) is 12.3. The molecule has 30 heavy (non-hydrogen) atoms. The predicted molar refractivity (Wildman–Crippen MR) is 118 cm³/mol. The number of carbonyl (C=O) groups excluding carboxylic acids is 2. The molecule has 0 aromatic heterocycles. The maximum atomic E-state index is 12.9. The lowest BCUT2D eigenvalue weighted by atomic mass is 9.52. The van der Waals surface area contributed by atoms with Gasteiger partial charge in [0.05, 0.1) is 6.10 Å². The molecule has 3 rings (SSSR count). The van der Waals surface area contributed by atoms with E-state index >= 15 is 0 Å². The van der Waals surface area contributed by atoms with Crippen LogP contribution in [0.15, 0.2) is 47.3 Å². The van der Waals surface area contributed by atoms with Crippen molar-refractivity contribution in [2.45, 2.75) is 66.0 Å². The van der Waals surface area contributed by atoms with Crippen molar-refractivity contribution in [3.63, 3.8) is 0 Å². The van der Waals surface area contributed by atoms with Crippen LogP contribution in [-0.2, 0) is 9.59 Å². The van der Waals surface area contributed by atoms with E-state index in [4.69, 9.17) is 0 Å². The number of hydrogen-bond acceptors (Lipinski definition) is 4. The maximum Gasteiger partial charge on any atom is 0.259 e. The van der Waals surface area contributed by atoms with Gasteiger partial charge in [0.25, 0.3) is 5.91 Å². The number of fused-ring (bicyclic) bond motifs is 1. The average Bonchev–Trinajstić information content (AvgIpc) is 2.97. The molecular weight excluding hydrogens is 378 g/mol. The second-order valence-electron chi connectivity index (χ2n) is 9.55. The Morgan fingerprint density at radius 2 is 2.00 bits per heavy atom. The lowest BCUT2D eigenvalue weighted by Crippen LogP contribution is -2.46. The van der Waals surface area contributed by atoms with E-state index in [-0.39, 0.29) is 23.2 Å². The summed E-state index contributed by atoms with van der Waals surface area (Å²) >= 11 is 0. The summed E-state index contributed by atoms with van der Waals surface area (Å²) in [6, 6.07) is -1.00. The molecule has 5 nitrogen and oxygen atoms in total. The number of aliphatic hydroxyl groups excluding tert-OH is 2. The Labute approximate surface area is 179 Å². The van der Waals surface area contributed by atoms with Gasteiger partial charge in [0.15, 0.2) is 5.78 Å². The van der Waals surface area contributed by atoms with Gasteiger partial charge in [-0.15, -0.1) is 0 Å². The molecule has 2 aliphatic carbocycles. The predicted octanol–water partition coefficient (Wildman–Crippen LogP) is 4.01. The fraction of sp³-hybridized carbons (Fsp3) is 0.600. The SMILES string of the molecule is C/C=C/C=C/[C@@H]1C(C)=C[C@H]2C[C@H](C)CC[C@H]2[C@@]1(C)/C(O)=C1/C(=O)N[C@H]([C@@H](C)O)C1=O. The molecule has 1 heterocycles. The zero-order valence-electron chi connectivity index (χ0n) is 18.7. The Hall–Kier alpha value is -2.14. The van der Waals surface area contributed by atoms with Crippen molar-refractivity contribution in [1.82, 2.24) is 5.32 Å². The summed E-state index contributed by atoms with van der Waals surface area (Å²) < 4.78 is 0. The molecule has 0 aromatic carbocycles. The van der Waals surface area contributed by atoms with Crippen LogP contribution in [0.1, 0.15) is 53.9 Å². The summed E-state index contributed by atoms with van der Waals surface area (Å²) in [4.78, 5) is 25.6. The zero-order valence-corrected chi connectivity index (χ0v) is 18.7. The summed E-state index contributed by atoms with van der Waals surface area (Å²) in [7, 11) is 0. The van der Waals surface area contributed by atoms with Crippen LogP contribution in [0.5, 0.6) is 0 Å². The zero-order chi connectivity index (χ0) is 22.2. The number of nitrogens with one attached hydrogen (secondary N) is 1. The first kappa shape index (κ1) is 22.5. The molecule has 1 saturated carbocycles. The molecule has 0 spiro atoms. The van der Waals surface area contributed by atoms with Crippen LogP contribution in [0.25, 0.3) is 0 Å². The van der Waals surface area contributed by atoms with Crippen LogP contribution < -0.4 is 5.32 Å². The lowest BCUT2D eigenvalue weighted by molar-refractivity contribution is -0.118. The number of hydrogen-bond donors (Lipinski definition) is 3. The standard InChI is InChI=1S/C25H35NO4/c1-6-7-8-9-18-15(3)13-17-12-14(2)10-11-19(17)25(18,5)23(29)20-22(28)21(16(4)27)26-24(20)30/h6-9,13-14,16-19,21,27,29H,10-12H2,1-5H3,(H,26,30)/b7-6+,9-8+,23-20-/t14-,16-,17-,18-,19-,21-,25+/m1/s1. The van der Waals surface area contributed by atoms with E-state index in [1.54, 1.807) is 0 Å². The first-order valence-corrected chi connectivity index (χ1v) is 11.1. The number of carbonyl (C=O) groups is 2. The van der Waals surface area contributed by atoms with E-state index in [2.05, 4.69) is 31.3 Å². The number of rotatable bonds is 4. The third kappa shape index (κ3) is 3.68. The second-order valence-corrected chi connectivity index (χ2v) is 9.55. The van der Waals surface area contributed by atoms with Crippen LogP contribution in [0.3, 0.4) is 0 Å². The van der Waals surface area contributed by atoms with Gasteiger partial charge < -0.3 is 15.5 Å². The molecule has 0 bridgehead atoms. The van der Waals surface area contributed by atoms with Crippen LogP contribution in [0, 0.1) is 29.1 Å². The van der Waals surface area contributed by atoms with Crippen molar-refractivity contribution in [3.8, 4) is 0 Å². The molecule has 0 radical (unpaired) electrons. The molecule has 2 fully saturated rings. The second kappa shape index (κ2) is 8.54. The number of Topliss-reactive ketones (excluding diaryl/α,β-unsaturated/α-hetero) is 1. The molecular formula is C25H35NO4. The quantitative estimate of drug-likeness (QED) is 0.214. The molecule has 1 amide bonds. The van der Waals surface area contributed by atoms with E-state index in [9.17, 15) is 19.8 Å². The third-order valence-corrected chi connectivity index (χ3v) is 7.42. The van der Waals surface area contributed by atoms with Gasteiger partial charge >= 0.3 is 0 Å². The smallest absolute Gasteiger partial charge is 0.259 e. The molecule has 7 atom stereocenters. The van der Waals surface area contributed by atoms with Gasteiger partial charge in [0.1, 0.15) is 17.4 Å². The van der Waals surface area contributed by atoms with Crippen LogP contribution in [0.2, 0.25) is 0 Å². The average molecular weight is 414 g/mol. The fourth-order valence-electron chi connectivity index (χ4n) is 5.84. The van der Waals surface area contributed by atoms with E-state index in [1.807, 2.05) is 32.1 Å².